The van der Waals surface area contributed by atoms with Crippen molar-refractivity contribution in [2.24, 2.45) is 0 Å². The van der Waals surface area contributed by atoms with Gasteiger partial charge >= 0.3 is 0 Å². The maximum atomic E-state index is 12.9. The molecule has 4 rings (SSSR count). The van der Waals surface area contributed by atoms with Gasteiger partial charge in [0.1, 0.15) is 11.8 Å². The summed E-state index contributed by atoms with van der Waals surface area (Å²) in [6.07, 6.45) is 5.61. The number of rotatable bonds is 5. The average Bonchev–Trinajstić information content (AvgIpc) is 3.37. The quantitative estimate of drug-likeness (QED) is 0.642. The van der Waals surface area contributed by atoms with Crippen molar-refractivity contribution in [1.29, 1.82) is 0 Å². The molecule has 0 N–H and O–H groups in total. The molecule has 1 saturated heterocycles. The van der Waals surface area contributed by atoms with Crippen molar-refractivity contribution < 1.29 is 13.9 Å². The minimum atomic E-state index is -0.164. The minimum absolute atomic E-state index is 0.0766. The normalized spacial score (nSPS) is 16.4. The zero-order valence-electron chi connectivity index (χ0n) is 15.5. The zero-order chi connectivity index (χ0) is 19.5. The molecule has 0 radical (unpaired) electrons. The summed E-state index contributed by atoms with van der Waals surface area (Å²) in [7, 11) is 1.55. The van der Waals surface area contributed by atoms with E-state index in [9.17, 15) is 4.79 Å². The molecule has 0 bridgehead atoms. The number of carbonyl (C=O) groups is 1. The van der Waals surface area contributed by atoms with E-state index in [1.165, 1.54) is 6.20 Å². The maximum Gasteiger partial charge on any atom is 0.256 e. The summed E-state index contributed by atoms with van der Waals surface area (Å²) < 4.78 is 11.0. The number of pyridine rings is 1. The molecule has 1 aliphatic rings. The van der Waals surface area contributed by atoms with Gasteiger partial charge in [0, 0.05) is 30.3 Å². The number of likely N-dealkylation sites (tertiary alicyclic amines) is 1. The molecule has 2 aromatic heterocycles. The molecule has 1 atom stereocenters. The SMILES string of the molecule is COc1ccc(C(=O)N2CCC[C@H]2c2ncc(Cc3cccc(Cl)c3)o2)cn1. The van der Waals surface area contributed by atoms with Gasteiger partial charge < -0.3 is 14.1 Å². The number of oxazole rings is 1. The van der Waals surface area contributed by atoms with E-state index in [0.717, 1.165) is 24.2 Å². The molecule has 0 aliphatic carbocycles. The van der Waals surface area contributed by atoms with Gasteiger partial charge in [-0.05, 0) is 36.6 Å². The highest BCUT2D eigenvalue weighted by Crippen LogP contribution is 2.33. The second-order valence-electron chi connectivity index (χ2n) is 6.72. The Morgan fingerprint density at radius 3 is 2.93 bits per heavy atom. The van der Waals surface area contributed by atoms with E-state index >= 15 is 0 Å². The third kappa shape index (κ3) is 3.87. The van der Waals surface area contributed by atoms with Gasteiger partial charge in [-0.1, -0.05) is 23.7 Å². The van der Waals surface area contributed by atoms with Gasteiger partial charge in [0.15, 0.2) is 0 Å². The van der Waals surface area contributed by atoms with Crippen molar-refractivity contribution in [2.45, 2.75) is 25.3 Å². The molecule has 1 amide bonds. The van der Waals surface area contributed by atoms with E-state index in [2.05, 4.69) is 9.97 Å². The number of ether oxygens (including phenoxy) is 1. The maximum absolute atomic E-state index is 12.9. The van der Waals surface area contributed by atoms with Gasteiger partial charge in [-0.2, -0.15) is 0 Å². The third-order valence-corrected chi connectivity index (χ3v) is 5.07. The van der Waals surface area contributed by atoms with E-state index in [1.54, 1.807) is 30.3 Å². The fourth-order valence-corrected chi connectivity index (χ4v) is 3.68. The highest BCUT2D eigenvalue weighted by molar-refractivity contribution is 6.30. The molecule has 3 aromatic rings. The molecule has 6 nitrogen and oxygen atoms in total. The van der Waals surface area contributed by atoms with E-state index in [4.69, 9.17) is 20.8 Å². The van der Waals surface area contributed by atoms with Crippen LogP contribution in [0.5, 0.6) is 5.88 Å². The summed E-state index contributed by atoms with van der Waals surface area (Å²) in [6, 6.07) is 10.9. The fourth-order valence-electron chi connectivity index (χ4n) is 3.47. The Balaban J connectivity index is 1.50. The van der Waals surface area contributed by atoms with E-state index < -0.39 is 0 Å². The smallest absolute Gasteiger partial charge is 0.256 e. The van der Waals surface area contributed by atoms with Crippen molar-refractivity contribution in [3.05, 3.63) is 76.6 Å². The number of amides is 1. The number of aromatic nitrogens is 2. The lowest BCUT2D eigenvalue weighted by atomic mass is 10.1. The number of carbonyl (C=O) groups excluding carboxylic acids is 1. The summed E-state index contributed by atoms with van der Waals surface area (Å²) >= 11 is 6.05. The van der Waals surface area contributed by atoms with E-state index in [1.807, 2.05) is 24.3 Å². The van der Waals surface area contributed by atoms with Crippen LogP contribution in [0.15, 0.2) is 53.2 Å². The van der Waals surface area contributed by atoms with Gasteiger partial charge in [-0.3, -0.25) is 4.79 Å². The molecule has 1 aromatic carbocycles. The summed E-state index contributed by atoms with van der Waals surface area (Å²) in [6.45, 7) is 0.668. The zero-order valence-corrected chi connectivity index (χ0v) is 16.2. The first kappa shape index (κ1) is 18.5. The molecule has 144 valence electrons. The molecule has 28 heavy (non-hydrogen) atoms. The predicted octanol–water partition coefficient (Wildman–Crippen LogP) is 4.30. The summed E-state index contributed by atoms with van der Waals surface area (Å²) in [4.78, 5) is 23.3. The summed E-state index contributed by atoms with van der Waals surface area (Å²) in [5, 5.41) is 0.693. The lowest BCUT2D eigenvalue weighted by molar-refractivity contribution is 0.0714. The van der Waals surface area contributed by atoms with Crippen LogP contribution in [0, 0.1) is 0 Å². The van der Waals surface area contributed by atoms with Crippen LogP contribution in [0.3, 0.4) is 0 Å². The van der Waals surface area contributed by atoms with Crippen LogP contribution in [-0.2, 0) is 6.42 Å². The second kappa shape index (κ2) is 8.02. The predicted molar refractivity (Wildman–Crippen MR) is 105 cm³/mol. The van der Waals surface area contributed by atoms with Crippen LogP contribution < -0.4 is 4.74 Å². The standard InChI is InChI=1S/C21H20ClN3O3/c1-27-19-8-7-15(12-23-19)21(26)25-9-3-6-18(25)20-24-13-17(28-20)11-14-4-2-5-16(22)10-14/h2,4-5,7-8,10,12-13,18H,3,6,9,11H2,1H3/t18-/m0/s1. The minimum Gasteiger partial charge on any atom is -0.481 e. The van der Waals surface area contributed by atoms with Crippen LogP contribution >= 0.6 is 11.6 Å². The largest absolute Gasteiger partial charge is 0.481 e. The Bertz CT molecular complexity index is 971. The first-order valence-electron chi connectivity index (χ1n) is 9.14. The van der Waals surface area contributed by atoms with Crippen LogP contribution in [-0.4, -0.2) is 34.4 Å². The van der Waals surface area contributed by atoms with Gasteiger partial charge in [0.05, 0.1) is 18.9 Å². The highest BCUT2D eigenvalue weighted by atomic mass is 35.5. The van der Waals surface area contributed by atoms with Crippen molar-refractivity contribution in [3.8, 4) is 5.88 Å². The second-order valence-corrected chi connectivity index (χ2v) is 7.15. The van der Waals surface area contributed by atoms with Crippen LogP contribution in [0.4, 0.5) is 0 Å². The number of hydrogen-bond donors (Lipinski definition) is 0. The Morgan fingerprint density at radius 2 is 2.18 bits per heavy atom. The summed E-state index contributed by atoms with van der Waals surface area (Å²) in [5.74, 6) is 1.73. The third-order valence-electron chi connectivity index (χ3n) is 4.83. The highest BCUT2D eigenvalue weighted by Gasteiger charge is 2.34. The molecule has 0 spiro atoms. The topological polar surface area (TPSA) is 68.5 Å². The molecule has 7 heteroatoms. The molecule has 3 heterocycles. The van der Waals surface area contributed by atoms with Crippen molar-refractivity contribution >= 4 is 17.5 Å². The Hall–Kier alpha value is -2.86. The van der Waals surface area contributed by atoms with Crippen LogP contribution in [0.25, 0.3) is 0 Å². The monoisotopic (exact) mass is 397 g/mol. The Labute approximate surface area is 168 Å². The number of hydrogen-bond acceptors (Lipinski definition) is 5. The molecule has 0 unspecified atom stereocenters. The Kier molecular flexibility index (Phi) is 5.30. The summed E-state index contributed by atoms with van der Waals surface area (Å²) in [5.41, 5.74) is 1.58. The van der Waals surface area contributed by atoms with Crippen LogP contribution in [0.2, 0.25) is 5.02 Å². The number of nitrogens with zero attached hydrogens (tertiary/aromatic N) is 3. The molecular formula is C21H20ClN3O3. The van der Waals surface area contributed by atoms with Crippen molar-refractivity contribution in [1.82, 2.24) is 14.9 Å². The van der Waals surface area contributed by atoms with E-state index in [-0.39, 0.29) is 11.9 Å². The number of methoxy groups -OCH3 is 1. The molecule has 0 saturated carbocycles. The lowest BCUT2D eigenvalue weighted by Gasteiger charge is -2.22. The first-order valence-corrected chi connectivity index (χ1v) is 9.52. The van der Waals surface area contributed by atoms with Gasteiger partial charge in [-0.25, -0.2) is 9.97 Å². The van der Waals surface area contributed by atoms with Crippen molar-refractivity contribution in [2.75, 3.05) is 13.7 Å². The number of benzene rings is 1. The molecule has 1 aliphatic heterocycles. The molecular weight excluding hydrogens is 378 g/mol. The van der Waals surface area contributed by atoms with E-state index in [0.29, 0.717) is 35.3 Å². The van der Waals surface area contributed by atoms with Crippen LogP contribution in [0.1, 0.15) is 46.5 Å². The fraction of sp³-hybridized carbons (Fsp3) is 0.286. The molecule has 1 fully saturated rings. The van der Waals surface area contributed by atoms with Gasteiger partial charge in [0.2, 0.25) is 11.8 Å². The number of halogens is 1. The van der Waals surface area contributed by atoms with Gasteiger partial charge in [-0.15, -0.1) is 0 Å². The lowest BCUT2D eigenvalue weighted by Crippen LogP contribution is -2.30. The Morgan fingerprint density at radius 1 is 1.29 bits per heavy atom. The van der Waals surface area contributed by atoms with Crippen molar-refractivity contribution in [3.63, 3.8) is 0 Å². The first-order chi connectivity index (χ1) is 13.6. The van der Waals surface area contributed by atoms with Gasteiger partial charge in [0.25, 0.3) is 5.91 Å². The average molecular weight is 398 g/mol.